The first-order chi connectivity index (χ1) is 8.72. The number of nitriles is 1. The molecule has 2 heterocycles. The summed E-state index contributed by atoms with van der Waals surface area (Å²) in [6.07, 6.45) is 3.83. The van der Waals surface area contributed by atoms with Crippen LogP contribution in [-0.2, 0) is 19.4 Å². The van der Waals surface area contributed by atoms with Gasteiger partial charge in [0.05, 0.1) is 11.6 Å². The van der Waals surface area contributed by atoms with Crippen molar-refractivity contribution in [2.45, 2.75) is 39.2 Å². The van der Waals surface area contributed by atoms with Gasteiger partial charge in [0.2, 0.25) is 0 Å². The Hall–Kier alpha value is -1.27. The summed E-state index contributed by atoms with van der Waals surface area (Å²) >= 11 is 3.72. The second kappa shape index (κ2) is 4.44. The normalized spacial score (nSPS) is 13.8. The summed E-state index contributed by atoms with van der Waals surface area (Å²) in [7, 11) is 0. The van der Waals surface area contributed by atoms with Crippen molar-refractivity contribution in [1.82, 2.24) is 4.57 Å². The molecule has 0 N–H and O–H groups in total. The Balaban J connectivity index is 2.24. The van der Waals surface area contributed by atoms with E-state index in [4.69, 9.17) is 5.26 Å². The first kappa shape index (κ1) is 11.8. The van der Waals surface area contributed by atoms with Crippen LogP contribution in [0.1, 0.15) is 29.7 Å². The highest BCUT2D eigenvalue weighted by Gasteiger charge is 2.19. The lowest BCUT2D eigenvalue weighted by Crippen LogP contribution is -2.09. The Labute approximate surface area is 115 Å². The summed E-state index contributed by atoms with van der Waals surface area (Å²) in [5, 5.41) is 10.0. The van der Waals surface area contributed by atoms with Crippen LogP contribution in [0, 0.1) is 18.3 Å². The molecule has 0 atom stereocenters. The third kappa shape index (κ3) is 1.67. The van der Waals surface area contributed by atoms with Crippen LogP contribution in [0.4, 0.5) is 0 Å². The standard InChI is InChI=1S/C15H15BrN2/c1-10-14(16)13-9-11(4-2-6-17)8-12-5-3-7-18(10)15(12)13/h8-9H,2-5,7H2,1H3. The van der Waals surface area contributed by atoms with Crippen LogP contribution in [0.3, 0.4) is 0 Å². The Morgan fingerprint density at radius 1 is 1.44 bits per heavy atom. The fourth-order valence-corrected chi connectivity index (χ4v) is 3.49. The van der Waals surface area contributed by atoms with E-state index in [9.17, 15) is 0 Å². The summed E-state index contributed by atoms with van der Waals surface area (Å²) in [5.74, 6) is 0. The summed E-state index contributed by atoms with van der Waals surface area (Å²) in [5.41, 5.74) is 5.45. The molecule has 0 saturated heterocycles. The van der Waals surface area contributed by atoms with Crippen molar-refractivity contribution in [1.29, 1.82) is 5.26 Å². The zero-order chi connectivity index (χ0) is 12.7. The minimum absolute atomic E-state index is 0.599. The Morgan fingerprint density at radius 2 is 2.28 bits per heavy atom. The molecule has 0 aliphatic carbocycles. The van der Waals surface area contributed by atoms with E-state index in [-0.39, 0.29) is 0 Å². The van der Waals surface area contributed by atoms with Gasteiger partial charge in [-0.3, -0.25) is 0 Å². The number of nitrogens with zero attached hydrogens (tertiary/aromatic N) is 2. The van der Waals surface area contributed by atoms with Gasteiger partial charge in [-0.05, 0) is 59.3 Å². The predicted octanol–water partition coefficient (Wildman–Crippen LogP) is 4.11. The molecule has 0 amide bonds. The third-order valence-corrected chi connectivity index (χ3v) is 4.83. The topological polar surface area (TPSA) is 28.7 Å². The van der Waals surface area contributed by atoms with E-state index in [1.54, 1.807) is 0 Å². The quantitative estimate of drug-likeness (QED) is 0.820. The van der Waals surface area contributed by atoms with Gasteiger partial charge >= 0.3 is 0 Å². The van der Waals surface area contributed by atoms with Crippen molar-refractivity contribution in [3.8, 4) is 6.07 Å². The number of aryl methyl sites for hydroxylation is 3. The molecule has 3 heteroatoms. The van der Waals surface area contributed by atoms with Gasteiger partial charge < -0.3 is 4.57 Å². The number of rotatable bonds is 2. The van der Waals surface area contributed by atoms with Crippen LogP contribution in [0.25, 0.3) is 10.9 Å². The fraction of sp³-hybridized carbons (Fsp3) is 0.400. The molecule has 1 aliphatic rings. The molecule has 1 aromatic heterocycles. The highest BCUT2D eigenvalue weighted by Crippen LogP contribution is 2.36. The number of halogens is 1. The molecule has 0 radical (unpaired) electrons. The largest absolute Gasteiger partial charge is 0.343 e. The highest BCUT2D eigenvalue weighted by molar-refractivity contribution is 9.10. The van der Waals surface area contributed by atoms with E-state index in [1.165, 1.54) is 38.6 Å². The van der Waals surface area contributed by atoms with Gasteiger partial charge in [0, 0.05) is 28.5 Å². The van der Waals surface area contributed by atoms with Gasteiger partial charge in [0.25, 0.3) is 0 Å². The molecule has 0 bridgehead atoms. The summed E-state index contributed by atoms with van der Waals surface area (Å²) in [6, 6.07) is 6.77. The lowest BCUT2D eigenvalue weighted by Gasteiger charge is -2.17. The fourth-order valence-electron chi connectivity index (χ4n) is 2.97. The van der Waals surface area contributed by atoms with Crippen LogP contribution < -0.4 is 0 Å². The molecule has 1 aromatic carbocycles. The maximum absolute atomic E-state index is 8.72. The van der Waals surface area contributed by atoms with Gasteiger partial charge in [0.1, 0.15) is 0 Å². The molecule has 2 aromatic rings. The zero-order valence-electron chi connectivity index (χ0n) is 10.5. The number of hydrogen-bond donors (Lipinski definition) is 0. The van der Waals surface area contributed by atoms with Crippen LogP contribution in [0.2, 0.25) is 0 Å². The average Bonchev–Trinajstić information content (AvgIpc) is 2.64. The minimum Gasteiger partial charge on any atom is -0.343 e. The van der Waals surface area contributed by atoms with E-state index >= 15 is 0 Å². The summed E-state index contributed by atoms with van der Waals surface area (Å²) in [6.45, 7) is 3.30. The first-order valence-electron chi connectivity index (χ1n) is 6.39. The second-order valence-corrected chi connectivity index (χ2v) is 5.76. The van der Waals surface area contributed by atoms with Gasteiger partial charge in [-0.25, -0.2) is 0 Å². The van der Waals surface area contributed by atoms with Crippen molar-refractivity contribution in [3.05, 3.63) is 33.4 Å². The van der Waals surface area contributed by atoms with Crippen molar-refractivity contribution in [2.75, 3.05) is 0 Å². The van der Waals surface area contributed by atoms with Crippen molar-refractivity contribution in [2.24, 2.45) is 0 Å². The Bertz CT molecular complexity index is 661. The number of benzene rings is 1. The minimum atomic E-state index is 0.599. The van der Waals surface area contributed by atoms with Crippen molar-refractivity contribution >= 4 is 26.8 Å². The maximum Gasteiger partial charge on any atom is 0.0625 e. The number of hydrogen-bond acceptors (Lipinski definition) is 1. The third-order valence-electron chi connectivity index (χ3n) is 3.83. The zero-order valence-corrected chi connectivity index (χ0v) is 12.0. The molecule has 92 valence electrons. The predicted molar refractivity (Wildman–Crippen MR) is 76.6 cm³/mol. The Kier molecular flexibility index (Phi) is 2.91. The van der Waals surface area contributed by atoms with Gasteiger partial charge in [-0.15, -0.1) is 0 Å². The van der Waals surface area contributed by atoms with Crippen LogP contribution in [0.5, 0.6) is 0 Å². The molecule has 0 spiro atoms. The highest BCUT2D eigenvalue weighted by atomic mass is 79.9. The average molecular weight is 303 g/mol. The summed E-state index contributed by atoms with van der Waals surface area (Å²) < 4.78 is 3.64. The van der Waals surface area contributed by atoms with Crippen LogP contribution in [0.15, 0.2) is 16.6 Å². The smallest absolute Gasteiger partial charge is 0.0625 e. The first-order valence-corrected chi connectivity index (χ1v) is 7.18. The van der Waals surface area contributed by atoms with Crippen molar-refractivity contribution in [3.63, 3.8) is 0 Å². The summed E-state index contributed by atoms with van der Waals surface area (Å²) in [4.78, 5) is 0. The van der Waals surface area contributed by atoms with Gasteiger partial charge in [-0.2, -0.15) is 5.26 Å². The lowest BCUT2D eigenvalue weighted by atomic mass is 9.98. The monoisotopic (exact) mass is 302 g/mol. The molecule has 0 fully saturated rings. The second-order valence-electron chi connectivity index (χ2n) is 4.96. The molecule has 0 saturated carbocycles. The lowest BCUT2D eigenvalue weighted by molar-refractivity contribution is 0.622. The number of aromatic nitrogens is 1. The SMILES string of the molecule is Cc1c(Br)c2cc(CCC#N)cc3c2n1CCC3. The molecule has 3 rings (SSSR count). The molecule has 2 nitrogen and oxygen atoms in total. The van der Waals surface area contributed by atoms with Crippen LogP contribution >= 0.6 is 15.9 Å². The molecule has 1 aliphatic heterocycles. The maximum atomic E-state index is 8.72. The molecular formula is C15H15BrN2. The molecule has 18 heavy (non-hydrogen) atoms. The molecule has 0 unspecified atom stereocenters. The van der Waals surface area contributed by atoms with Crippen molar-refractivity contribution < 1.29 is 0 Å². The van der Waals surface area contributed by atoms with E-state index in [0.717, 1.165) is 19.4 Å². The van der Waals surface area contributed by atoms with Crippen LogP contribution in [-0.4, -0.2) is 4.57 Å². The van der Waals surface area contributed by atoms with E-state index in [0.29, 0.717) is 6.42 Å². The van der Waals surface area contributed by atoms with Gasteiger partial charge in [0.15, 0.2) is 0 Å². The molecular weight excluding hydrogens is 288 g/mol. The van der Waals surface area contributed by atoms with E-state index in [2.05, 4.69) is 45.6 Å². The van der Waals surface area contributed by atoms with E-state index < -0.39 is 0 Å². The Morgan fingerprint density at radius 3 is 3.06 bits per heavy atom. The van der Waals surface area contributed by atoms with E-state index in [1.807, 2.05) is 0 Å². The van der Waals surface area contributed by atoms with Gasteiger partial charge in [-0.1, -0.05) is 6.07 Å².